The third kappa shape index (κ3) is 4.28. The van der Waals surface area contributed by atoms with Crippen molar-refractivity contribution in [2.45, 2.75) is 74.1 Å². The van der Waals surface area contributed by atoms with Crippen LogP contribution < -0.4 is 5.32 Å². The molecule has 0 rings (SSSR count). The maximum absolute atomic E-state index is 13.5. The van der Waals surface area contributed by atoms with Gasteiger partial charge in [-0.25, -0.2) is 8.78 Å². The van der Waals surface area contributed by atoms with Crippen molar-refractivity contribution < 1.29 is 75.0 Å². The molecule has 0 bridgehead atoms. The van der Waals surface area contributed by atoms with Crippen LogP contribution in [-0.4, -0.2) is 60.3 Å². The molecule has 0 aliphatic heterocycles. The van der Waals surface area contributed by atoms with Gasteiger partial charge < -0.3 is 5.32 Å². The van der Waals surface area contributed by atoms with Crippen molar-refractivity contribution in [3.8, 4) is 0 Å². The van der Waals surface area contributed by atoms with Crippen LogP contribution in [0.4, 0.5) is 70.2 Å². The number of nitrogens with one attached hydrogen (secondary N) is 1. The molecular weight excluding hydrogens is 502 g/mol. The highest BCUT2D eigenvalue weighted by Crippen LogP contribution is 2.62. The summed E-state index contributed by atoms with van der Waals surface area (Å²) in [6.45, 7) is 0.593. The van der Waals surface area contributed by atoms with Crippen LogP contribution in [0.2, 0.25) is 0 Å². The number of hydrogen-bond acceptors (Lipinski definition) is 1. The number of alkyl halides is 16. The van der Waals surface area contributed by atoms with Gasteiger partial charge in [0.05, 0.1) is 0 Å². The first kappa shape index (κ1) is 30.3. The highest BCUT2D eigenvalue weighted by Gasteiger charge is 2.94. The highest BCUT2D eigenvalue weighted by atomic mass is 19.4. The SMILES string of the molecule is CCCCCNC(=O)C(F)(F)C(F)(F)C(F)(F)C(F)(F)C(F)(F)C(F)(F)C(F)(F)C(F)F. The molecular formula is C14H13F16NO. The van der Waals surface area contributed by atoms with E-state index in [9.17, 15) is 75.0 Å². The van der Waals surface area contributed by atoms with E-state index < -0.39 is 60.3 Å². The number of rotatable bonds is 12. The van der Waals surface area contributed by atoms with Gasteiger partial charge in [0, 0.05) is 6.54 Å². The Balaban J connectivity index is 6.35. The fourth-order valence-electron chi connectivity index (χ4n) is 1.97. The topological polar surface area (TPSA) is 29.1 Å². The Morgan fingerprint density at radius 1 is 0.656 bits per heavy atom. The Morgan fingerprint density at radius 2 is 1.03 bits per heavy atom. The number of unbranched alkanes of at least 4 members (excludes halogenated alkanes) is 2. The maximum atomic E-state index is 13.5. The van der Waals surface area contributed by atoms with Crippen LogP contribution in [0.5, 0.6) is 0 Å². The second kappa shape index (κ2) is 8.95. The van der Waals surface area contributed by atoms with Gasteiger partial charge in [0.15, 0.2) is 0 Å². The van der Waals surface area contributed by atoms with Gasteiger partial charge in [-0.15, -0.1) is 0 Å². The first-order chi connectivity index (χ1) is 13.9. The Morgan fingerprint density at radius 3 is 1.41 bits per heavy atom. The summed E-state index contributed by atoms with van der Waals surface area (Å²) in [5.41, 5.74) is 0. The van der Waals surface area contributed by atoms with Crippen molar-refractivity contribution in [1.82, 2.24) is 5.32 Å². The Bertz CT molecular complexity index is 659. The summed E-state index contributed by atoms with van der Waals surface area (Å²) in [5.74, 6) is -59.2. The van der Waals surface area contributed by atoms with E-state index in [1.807, 2.05) is 0 Å². The van der Waals surface area contributed by atoms with E-state index in [4.69, 9.17) is 0 Å². The lowest BCUT2D eigenvalue weighted by atomic mass is 9.89. The molecule has 0 radical (unpaired) electrons. The predicted molar refractivity (Wildman–Crippen MR) is 73.2 cm³/mol. The van der Waals surface area contributed by atoms with Crippen molar-refractivity contribution in [2.75, 3.05) is 6.54 Å². The molecule has 0 aromatic heterocycles. The molecule has 0 aromatic carbocycles. The lowest BCUT2D eigenvalue weighted by Gasteiger charge is -2.42. The summed E-state index contributed by atoms with van der Waals surface area (Å²) in [4.78, 5) is 11.1. The molecule has 0 heterocycles. The number of amides is 1. The number of halogens is 16. The molecule has 0 unspecified atom stereocenters. The summed E-state index contributed by atoms with van der Waals surface area (Å²) < 4.78 is 210. The van der Waals surface area contributed by atoms with E-state index in [1.54, 1.807) is 0 Å². The third-order valence-electron chi connectivity index (χ3n) is 4.02. The molecule has 0 atom stereocenters. The van der Waals surface area contributed by atoms with E-state index >= 15 is 0 Å². The monoisotopic (exact) mass is 515 g/mol. The Hall–Kier alpha value is -1.65. The van der Waals surface area contributed by atoms with Crippen molar-refractivity contribution >= 4 is 5.91 Å². The van der Waals surface area contributed by atoms with Crippen LogP contribution in [0.15, 0.2) is 0 Å². The van der Waals surface area contributed by atoms with Gasteiger partial charge in [0.2, 0.25) is 0 Å². The van der Waals surface area contributed by atoms with E-state index in [-0.39, 0.29) is 12.8 Å². The van der Waals surface area contributed by atoms with Gasteiger partial charge in [-0.2, -0.15) is 61.5 Å². The van der Waals surface area contributed by atoms with Crippen LogP contribution in [0.25, 0.3) is 0 Å². The Kier molecular flexibility index (Phi) is 8.48. The average Bonchev–Trinajstić information content (AvgIpc) is 2.63. The summed E-state index contributed by atoms with van der Waals surface area (Å²) in [6, 6.07) is 0. The van der Waals surface area contributed by atoms with E-state index in [0.29, 0.717) is 6.42 Å². The molecule has 32 heavy (non-hydrogen) atoms. The van der Waals surface area contributed by atoms with Gasteiger partial charge in [-0.3, -0.25) is 4.79 Å². The lowest BCUT2D eigenvalue weighted by molar-refractivity contribution is -0.443. The summed E-state index contributed by atoms with van der Waals surface area (Å²) in [5, 5.41) is 0.894. The summed E-state index contributed by atoms with van der Waals surface area (Å²) in [6.07, 6.45) is -5.64. The quantitative estimate of drug-likeness (QED) is 0.251. The lowest BCUT2D eigenvalue weighted by Crippen LogP contribution is -2.74. The first-order valence-electron chi connectivity index (χ1n) is 8.14. The highest BCUT2D eigenvalue weighted by molar-refractivity contribution is 5.84. The molecule has 192 valence electrons. The summed E-state index contributed by atoms with van der Waals surface area (Å²) >= 11 is 0. The molecule has 0 aliphatic carbocycles. The predicted octanol–water partition coefficient (Wildman–Crippen LogP) is 6.01. The normalized spacial score (nSPS) is 15.3. The van der Waals surface area contributed by atoms with Crippen LogP contribution in [-0.2, 0) is 4.79 Å². The number of carbonyl (C=O) groups excluding carboxylic acids is 1. The molecule has 2 nitrogen and oxygen atoms in total. The van der Waals surface area contributed by atoms with Gasteiger partial charge in [0.1, 0.15) is 0 Å². The van der Waals surface area contributed by atoms with Crippen molar-refractivity contribution in [3.63, 3.8) is 0 Å². The first-order valence-corrected chi connectivity index (χ1v) is 8.14. The zero-order chi connectivity index (χ0) is 26.2. The minimum Gasteiger partial charge on any atom is -0.351 e. The minimum atomic E-state index is -8.50. The third-order valence-corrected chi connectivity index (χ3v) is 4.02. The van der Waals surface area contributed by atoms with E-state index in [1.165, 1.54) is 6.92 Å². The average molecular weight is 515 g/mol. The number of carbonyl (C=O) groups is 1. The maximum Gasteiger partial charge on any atom is 0.392 e. The molecule has 0 spiro atoms. The Labute approximate surface area is 168 Å². The second-order valence-corrected chi connectivity index (χ2v) is 6.33. The zero-order valence-electron chi connectivity index (χ0n) is 15.4. The van der Waals surface area contributed by atoms with Crippen molar-refractivity contribution in [2.24, 2.45) is 0 Å². The molecule has 1 N–H and O–H groups in total. The van der Waals surface area contributed by atoms with E-state index in [0.717, 1.165) is 5.32 Å². The molecule has 0 fully saturated rings. The van der Waals surface area contributed by atoms with Crippen LogP contribution in [0, 0.1) is 0 Å². The molecule has 0 aromatic rings. The standard InChI is InChI=1S/C14H13F16NO/c1-2-3-4-5-31-7(32)9(19,20)11(23,24)13(27,28)14(29,30)12(25,26)10(21,22)8(17,18)6(15)16/h6H,2-5H2,1H3,(H,31,32). The van der Waals surface area contributed by atoms with Crippen molar-refractivity contribution in [1.29, 1.82) is 0 Å². The van der Waals surface area contributed by atoms with Gasteiger partial charge in [-0.05, 0) is 6.42 Å². The van der Waals surface area contributed by atoms with Gasteiger partial charge in [-0.1, -0.05) is 19.8 Å². The van der Waals surface area contributed by atoms with Crippen LogP contribution in [0.1, 0.15) is 26.2 Å². The smallest absolute Gasteiger partial charge is 0.351 e. The minimum absolute atomic E-state index is 0.149. The number of hydrogen-bond donors (Lipinski definition) is 1. The van der Waals surface area contributed by atoms with E-state index in [2.05, 4.69) is 0 Å². The fraction of sp³-hybridized carbons (Fsp3) is 0.929. The molecule has 0 saturated heterocycles. The van der Waals surface area contributed by atoms with Crippen LogP contribution in [0.3, 0.4) is 0 Å². The van der Waals surface area contributed by atoms with Crippen LogP contribution >= 0.6 is 0 Å². The zero-order valence-corrected chi connectivity index (χ0v) is 15.4. The second-order valence-electron chi connectivity index (χ2n) is 6.33. The van der Waals surface area contributed by atoms with Gasteiger partial charge in [0.25, 0.3) is 5.91 Å². The fourth-order valence-corrected chi connectivity index (χ4v) is 1.97. The van der Waals surface area contributed by atoms with Gasteiger partial charge >= 0.3 is 47.9 Å². The summed E-state index contributed by atoms with van der Waals surface area (Å²) in [7, 11) is 0. The largest absolute Gasteiger partial charge is 0.392 e. The van der Waals surface area contributed by atoms with Crippen molar-refractivity contribution in [3.05, 3.63) is 0 Å². The molecule has 0 aliphatic rings. The molecule has 0 saturated carbocycles. The molecule has 18 heteroatoms. The molecule has 1 amide bonds.